The Morgan fingerprint density at radius 3 is 2.59 bits per heavy atom. The Balaban J connectivity index is 2.92. The average Bonchev–Trinajstić information content (AvgIpc) is 2.26. The zero-order valence-electron chi connectivity index (χ0n) is 9.53. The zero-order valence-corrected chi connectivity index (χ0v) is 11.1. The second-order valence-corrected chi connectivity index (χ2v) is 4.39. The second kappa shape index (κ2) is 5.67. The normalized spacial score (nSPS) is 9.82. The van der Waals surface area contributed by atoms with Crippen LogP contribution in [-0.2, 0) is 0 Å². The van der Waals surface area contributed by atoms with Crippen LogP contribution >= 0.6 is 15.9 Å². The molecule has 5 nitrogen and oxygen atoms in total. The van der Waals surface area contributed by atoms with Gasteiger partial charge in [-0.05, 0) is 25.1 Å². The molecule has 17 heavy (non-hydrogen) atoms. The van der Waals surface area contributed by atoms with Crippen LogP contribution in [0.15, 0.2) is 22.7 Å². The topological polar surface area (TPSA) is 69.6 Å². The number of hydrogen-bond donors (Lipinski definition) is 2. The van der Waals surface area contributed by atoms with E-state index in [0.29, 0.717) is 16.7 Å². The van der Waals surface area contributed by atoms with E-state index in [1.165, 1.54) is 17.0 Å². The highest BCUT2D eigenvalue weighted by Gasteiger charge is 2.10. The van der Waals surface area contributed by atoms with Gasteiger partial charge in [-0.1, -0.05) is 15.9 Å². The largest absolute Gasteiger partial charge is 0.478 e. The summed E-state index contributed by atoms with van der Waals surface area (Å²) in [7, 11) is 1.66. The molecule has 0 saturated heterocycles. The summed E-state index contributed by atoms with van der Waals surface area (Å²) in [6.07, 6.45) is 0. The van der Waals surface area contributed by atoms with Crippen molar-refractivity contribution in [2.75, 3.05) is 18.9 Å². The number of urea groups is 1. The fourth-order valence-corrected chi connectivity index (χ4v) is 1.64. The number of halogens is 1. The van der Waals surface area contributed by atoms with E-state index in [0.717, 1.165) is 0 Å². The van der Waals surface area contributed by atoms with Gasteiger partial charge in [0.05, 0.1) is 5.56 Å². The first-order valence-electron chi connectivity index (χ1n) is 5.00. The molecule has 0 heterocycles. The maximum absolute atomic E-state index is 11.6. The molecule has 0 fully saturated rings. The van der Waals surface area contributed by atoms with Crippen LogP contribution in [0, 0.1) is 0 Å². The third-order valence-corrected chi connectivity index (χ3v) is 2.67. The lowest BCUT2D eigenvalue weighted by molar-refractivity contribution is 0.0697. The number of nitrogens with one attached hydrogen (secondary N) is 1. The summed E-state index contributed by atoms with van der Waals surface area (Å²) in [6, 6.07) is 4.26. The van der Waals surface area contributed by atoms with Gasteiger partial charge < -0.3 is 15.3 Å². The SMILES string of the molecule is CCN(C)C(=O)Nc1cc(Br)cc(C(=O)O)c1. The fraction of sp³-hybridized carbons (Fsp3) is 0.273. The Hall–Kier alpha value is -1.56. The molecule has 0 saturated carbocycles. The van der Waals surface area contributed by atoms with Crippen LogP contribution in [0.25, 0.3) is 0 Å². The third-order valence-electron chi connectivity index (χ3n) is 2.22. The first-order chi connectivity index (χ1) is 7.93. The van der Waals surface area contributed by atoms with Gasteiger partial charge in [-0.3, -0.25) is 0 Å². The minimum Gasteiger partial charge on any atom is -0.478 e. The zero-order chi connectivity index (χ0) is 13.0. The maximum atomic E-state index is 11.6. The predicted molar refractivity (Wildman–Crippen MR) is 68.4 cm³/mol. The van der Waals surface area contributed by atoms with E-state index in [1.54, 1.807) is 13.1 Å². The summed E-state index contributed by atoms with van der Waals surface area (Å²) < 4.78 is 0.604. The van der Waals surface area contributed by atoms with E-state index >= 15 is 0 Å². The second-order valence-electron chi connectivity index (χ2n) is 3.48. The Kier molecular flexibility index (Phi) is 4.51. The number of anilines is 1. The summed E-state index contributed by atoms with van der Waals surface area (Å²) >= 11 is 3.20. The highest BCUT2D eigenvalue weighted by Crippen LogP contribution is 2.20. The van der Waals surface area contributed by atoms with Crippen molar-refractivity contribution in [2.45, 2.75) is 6.92 Å². The van der Waals surface area contributed by atoms with Crippen molar-refractivity contribution in [3.63, 3.8) is 0 Å². The van der Waals surface area contributed by atoms with Crippen LogP contribution in [0.2, 0.25) is 0 Å². The van der Waals surface area contributed by atoms with Gasteiger partial charge in [-0.2, -0.15) is 0 Å². The molecule has 6 heteroatoms. The molecule has 0 spiro atoms. The summed E-state index contributed by atoms with van der Waals surface area (Å²) in [5, 5.41) is 11.5. The van der Waals surface area contributed by atoms with Gasteiger partial charge in [0, 0.05) is 23.8 Å². The summed E-state index contributed by atoms with van der Waals surface area (Å²) in [4.78, 5) is 23.9. The summed E-state index contributed by atoms with van der Waals surface area (Å²) in [5.74, 6) is -1.04. The average molecular weight is 301 g/mol. The third kappa shape index (κ3) is 3.74. The van der Waals surface area contributed by atoms with E-state index in [-0.39, 0.29) is 11.6 Å². The molecule has 0 aliphatic heterocycles. The Morgan fingerprint density at radius 1 is 1.41 bits per heavy atom. The molecule has 0 aromatic heterocycles. The molecule has 1 rings (SSSR count). The molecule has 0 aliphatic rings. The molecule has 0 atom stereocenters. The van der Waals surface area contributed by atoms with Crippen molar-refractivity contribution < 1.29 is 14.7 Å². The maximum Gasteiger partial charge on any atom is 0.335 e. The summed E-state index contributed by atoms with van der Waals surface area (Å²) in [5.41, 5.74) is 0.566. The molecule has 1 aromatic rings. The number of nitrogens with zero attached hydrogens (tertiary/aromatic N) is 1. The van der Waals surface area contributed by atoms with Crippen molar-refractivity contribution in [3.8, 4) is 0 Å². The van der Waals surface area contributed by atoms with Gasteiger partial charge in [0.1, 0.15) is 0 Å². The number of amides is 2. The van der Waals surface area contributed by atoms with Gasteiger partial charge in [0.15, 0.2) is 0 Å². The van der Waals surface area contributed by atoms with Crippen LogP contribution in [0.3, 0.4) is 0 Å². The smallest absolute Gasteiger partial charge is 0.335 e. The minimum absolute atomic E-state index is 0.119. The van der Waals surface area contributed by atoms with Gasteiger partial charge >= 0.3 is 12.0 Å². The molecule has 0 aliphatic carbocycles. The number of carbonyl (C=O) groups excluding carboxylic acids is 1. The lowest BCUT2D eigenvalue weighted by atomic mass is 10.2. The quantitative estimate of drug-likeness (QED) is 0.901. The van der Waals surface area contributed by atoms with E-state index < -0.39 is 5.97 Å². The molecule has 1 aromatic carbocycles. The first kappa shape index (κ1) is 13.5. The van der Waals surface area contributed by atoms with Crippen LogP contribution < -0.4 is 5.32 Å². The molecule has 92 valence electrons. The molecule has 0 unspecified atom stereocenters. The highest BCUT2D eigenvalue weighted by atomic mass is 79.9. The standard InChI is InChI=1S/C11H13BrN2O3/c1-3-14(2)11(17)13-9-5-7(10(15)16)4-8(12)6-9/h4-6H,3H2,1-2H3,(H,13,17)(H,15,16). The molecular weight excluding hydrogens is 288 g/mol. The lowest BCUT2D eigenvalue weighted by Crippen LogP contribution is -2.31. The Labute approximate surface area is 108 Å². The van der Waals surface area contributed by atoms with Crippen molar-refractivity contribution >= 4 is 33.6 Å². The Bertz CT molecular complexity index is 448. The van der Waals surface area contributed by atoms with Gasteiger partial charge in [0.2, 0.25) is 0 Å². The minimum atomic E-state index is -1.04. The first-order valence-corrected chi connectivity index (χ1v) is 5.79. The van der Waals surface area contributed by atoms with Crippen molar-refractivity contribution in [1.29, 1.82) is 0 Å². The number of carboxylic acids is 1. The van der Waals surface area contributed by atoms with Crippen LogP contribution in [-0.4, -0.2) is 35.6 Å². The van der Waals surface area contributed by atoms with Crippen molar-refractivity contribution in [1.82, 2.24) is 4.90 Å². The van der Waals surface area contributed by atoms with E-state index in [4.69, 9.17) is 5.11 Å². The van der Waals surface area contributed by atoms with Crippen LogP contribution in [0.5, 0.6) is 0 Å². The van der Waals surface area contributed by atoms with E-state index in [2.05, 4.69) is 21.2 Å². The number of benzene rings is 1. The van der Waals surface area contributed by atoms with Crippen molar-refractivity contribution in [3.05, 3.63) is 28.2 Å². The molecule has 2 amide bonds. The van der Waals surface area contributed by atoms with E-state index in [9.17, 15) is 9.59 Å². The molecule has 2 N–H and O–H groups in total. The number of aromatic carboxylic acids is 1. The predicted octanol–water partition coefficient (Wildman–Crippen LogP) is 2.63. The van der Waals surface area contributed by atoms with Crippen LogP contribution in [0.4, 0.5) is 10.5 Å². The van der Waals surface area contributed by atoms with Gasteiger partial charge in [-0.15, -0.1) is 0 Å². The number of carboxylic acid groups (broad SMARTS) is 1. The van der Waals surface area contributed by atoms with E-state index in [1.807, 2.05) is 6.92 Å². The number of carbonyl (C=O) groups is 2. The lowest BCUT2D eigenvalue weighted by Gasteiger charge is -2.15. The Morgan fingerprint density at radius 2 is 2.06 bits per heavy atom. The monoisotopic (exact) mass is 300 g/mol. The number of rotatable bonds is 3. The van der Waals surface area contributed by atoms with Gasteiger partial charge in [0.25, 0.3) is 0 Å². The van der Waals surface area contributed by atoms with Gasteiger partial charge in [-0.25, -0.2) is 9.59 Å². The number of hydrogen-bond acceptors (Lipinski definition) is 2. The van der Waals surface area contributed by atoms with Crippen molar-refractivity contribution in [2.24, 2.45) is 0 Å². The molecule has 0 radical (unpaired) electrons. The molecular formula is C11H13BrN2O3. The fourth-order valence-electron chi connectivity index (χ4n) is 1.15. The summed E-state index contributed by atoms with van der Waals surface area (Å²) in [6.45, 7) is 2.43. The highest BCUT2D eigenvalue weighted by molar-refractivity contribution is 9.10. The van der Waals surface area contributed by atoms with Crippen LogP contribution in [0.1, 0.15) is 17.3 Å². The molecule has 0 bridgehead atoms.